The molecule has 0 unspecified atom stereocenters. The molecule has 0 spiro atoms. The minimum Gasteiger partial charge on any atom is -0.493 e. The molecule has 0 amide bonds. The zero-order valence-corrected chi connectivity index (χ0v) is 20.5. The molecule has 5 nitrogen and oxygen atoms in total. The molecule has 4 rings (SSSR count). The summed E-state index contributed by atoms with van der Waals surface area (Å²) in [5.74, 6) is 0.0337. The van der Waals surface area contributed by atoms with Gasteiger partial charge in [0.25, 0.3) is 0 Å². The molecule has 0 saturated heterocycles. The molecule has 1 aromatic carbocycles. The summed E-state index contributed by atoms with van der Waals surface area (Å²) in [6, 6.07) is 7.81. The molecule has 1 N–H and O–H groups in total. The van der Waals surface area contributed by atoms with Crippen LogP contribution in [-0.2, 0) is 14.3 Å². The fraction of sp³-hybridized carbons (Fsp3) is 0.571. The van der Waals surface area contributed by atoms with E-state index in [1.807, 2.05) is 31.2 Å². The number of hydrogen-bond acceptors (Lipinski definition) is 5. The van der Waals surface area contributed by atoms with Crippen LogP contribution in [0.3, 0.4) is 0 Å². The molecule has 1 aromatic rings. The lowest BCUT2D eigenvalue weighted by atomic mass is 9.68. The maximum atomic E-state index is 13.6. The summed E-state index contributed by atoms with van der Waals surface area (Å²) in [5, 5.41) is 3.43. The van der Waals surface area contributed by atoms with Crippen molar-refractivity contribution in [2.24, 2.45) is 5.41 Å². The molecule has 1 saturated carbocycles. The van der Waals surface area contributed by atoms with E-state index in [0.29, 0.717) is 24.2 Å². The Balaban J connectivity index is 1.79. The molecular formula is C28H37NO4. The molecular weight excluding hydrogens is 414 g/mol. The van der Waals surface area contributed by atoms with Crippen LogP contribution in [0, 0.1) is 5.41 Å². The number of allylic oxidation sites excluding steroid dienone is 3. The normalized spacial score (nSPS) is 23.2. The number of para-hydroxylation sites is 1. The smallest absolute Gasteiger partial charge is 0.337 e. The van der Waals surface area contributed by atoms with Crippen LogP contribution in [0.25, 0.3) is 0 Å². The number of dihydropyridines is 1. The van der Waals surface area contributed by atoms with Crippen LogP contribution in [0.2, 0.25) is 0 Å². The molecule has 0 aromatic heterocycles. The van der Waals surface area contributed by atoms with Crippen molar-refractivity contribution in [2.45, 2.75) is 91.1 Å². The average Bonchev–Trinajstić information content (AvgIpc) is 2.76. The third-order valence-electron chi connectivity index (χ3n) is 6.98. The highest BCUT2D eigenvalue weighted by atomic mass is 16.5. The van der Waals surface area contributed by atoms with Crippen LogP contribution >= 0.6 is 0 Å². The van der Waals surface area contributed by atoms with Crippen molar-refractivity contribution in [3.05, 3.63) is 52.4 Å². The molecule has 1 aliphatic heterocycles. The number of ether oxygens (including phenoxy) is 2. The minimum atomic E-state index is -0.478. The lowest BCUT2D eigenvalue weighted by Gasteiger charge is -2.40. The molecule has 1 atom stereocenters. The van der Waals surface area contributed by atoms with Gasteiger partial charge >= 0.3 is 5.97 Å². The van der Waals surface area contributed by atoms with E-state index < -0.39 is 5.92 Å². The molecule has 0 bridgehead atoms. The Bertz CT molecular complexity index is 981. The van der Waals surface area contributed by atoms with Gasteiger partial charge in [-0.05, 0) is 56.9 Å². The quantitative estimate of drug-likeness (QED) is 0.541. The lowest BCUT2D eigenvalue weighted by molar-refractivity contribution is -0.146. The molecule has 178 valence electrons. The zero-order valence-electron chi connectivity index (χ0n) is 20.5. The van der Waals surface area contributed by atoms with Gasteiger partial charge in [-0.2, -0.15) is 0 Å². The Morgan fingerprint density at radius 3 is 2.58 bits per heavy atom. The number of hydrogen-bond donors (Lipinski definition) is 1. The second-order valence-corrected chi connectivity index (χ2v) is 10.5. The highest BCUT2D eigenvalue weighted by Crippen LogP contribution is 2.48. The van der Waals surface area contributed by atoms with Crippen LogP contribution in [0.4, 0.5) is 0 Å². The van der Waals surface area contributed by atoms with E-state index in [1.54, 1.807) is 0 Å². The Morgan fingerprint density at radius 2 is 1.85 bits per heavy atom. The first-order valence-corrected chi connectivity index (χ1v) is 12.5. The van der Waals surface area contributed by atoms with E-state index in [4.69, 9.17) is 9.47 Å². The summed E-state index contributed by atoms with van der Waals surface area (Å²) >= 11 is 0. The second-order valence-electron chi connectivity index (χ2n) is 10.5. The van der Waals surface area contributed by atoms with Gasteiger partial charge in [-0.1, -0.05) is 45.4 Å². The predicted molar refractivity (Wildman–Crippen MR) is 129 cm³/mol. The minimum absolute atomic E-state index is 0.0462. The summed E-state index contributed by atoms with van der Waals surface area (Å²) < 4.78 is 12.1. The average molecular weight is 452 g/mol. The van der Waals surface area contributed by atoms with E-state index >= 15 is 0 Å². The Hall–Kier alpha value is -2.56. The maximum absolute atomic E-state index is 13.6. The van der Waals surface area contributed by atoms with Gasteiger partial charge in [0.15, 0.2) is 5.78 Å². The fourth-order valence-corrected chi connectivity index (χ4v) is 5.48. The van der Waals surface area contributed by atoms with Gasteiger partial charge in [0, 0.05) is 29.0 Å². The summed E-state index contributed by atoms with van der Waals surface area (Å²) in [4.78, 5) is 27.1. The van der Waals surface area contributed by atoms with Crippen LogP contribution in [0.15, 0.2) is 46.8 Å². The van der Waals surface area contributed by atoms with E-state index in [0.717, 1.165) is 61.2 Å². The number of benzene rings is 1. The van der Waals surface area contributed by atoms with Gasteiger partial charge in [-0.25, -0.2) is 4.79 Å². The van der Waals surface area contributed by atoms with Crippen molar-refractivity contribution in [3.8, 4) is 5.75 Å². The van der Waals surface area contributed by atoms with E-state index in [9.17, 15) is 9.59 Å². The van der Waals surface area contributed by atoms with E-state index in [1.165, 1.54) is 6.42 Å². The summed E-state index contributed by atoms with van der Waals surface area (Å²) in [6.07, 6.45) is 7.27. The number of Topliss-reactive ketones (excluding diaryl/α,β-unsaturated/α-hetero) is 1. The topological polar surface area (TPSA) is 64.6 Å². The van der Waals surface area contributed by atoms with Gasteiger partial charge < -0.3 is 14.8 Å². The van der Waals surface area contributed by atoms with Crippen molar-refractivity contribution in [2.75, 3.05) is 6.61 Å². The van der Waals surface area contributed by atoms with Crippen LogP contribution in [0.5, 0.6) is 5.75 Å². The van der Waals surface area contributed by atoms with Gasteiger partial charge in [-0.15, -0.1) is 0 Å². The second kappa shape index (κ2) is 9.74. The van der Waals surface area contributed by atoms with Crippen molar-refractivity contribution in [1.82, 2.24) is 5.32 Å². The number of nitrogens with one attached hydrogen (secondary N) is 1. The molecule has 1 fully saturated rings. The number of carbonyl (C=O) groups is 2. The third-order valence-corrected chi connectivity index (χ3v) is 6.98. The van der Waals surface area contributed by atoms with Gasteiger partial charge in [0.05, 0.1) is 18.1 Å². The Kier molecular flexibility index (Phi) is 6.96. The van der Waals surface area contributed by atoms with E-state index in [2.05, 4.69) is 26.1 Å². The van der Waals surface area contributed by atoms with E-state index in [-0.39, 0.29) is 23.3 Å². The van der Waals surface area contributed by atoms with Crippen molar-refractivity contribution in [1.29, 1.82) is 0 Å². The lowest BCUT2D eigenvalue weighted by Crippen LogP contribution is -2.39. The molecule has 3 aliphatic rings. The van der Waals surface area contributed by atoms with Gasteiger partial charge in [0.1, 0.15) is 11.9 Å². The largest absolute Gasteiger partial charge is 0.493 e. The predicted octanol–water partition coefficient (Wildman–Crippen LogP) is 5.96. The summed E-state index contributed by atoms with van der Waals surface area (Å²) in [7, 11) is 0. The molecule has 1 heterocycles. The maximum Gasteiger partial charge on any atom is 0.337 e. The Morgan fingerprint density at radius 1 is 1.12 bits per heavy atom. The SMILES string of the molecule is CCCOc1ccccc1[C@H]1C(C(=O)OC2CCCCC2)=C(C)NC2=C1C(=O)CC(C)(C)C2. The molecule has 5 heteroatoms. The first kappa shape index (κ1) is 23.6. The van der Waals surface area contributed by atoms with Crippen molar-refractivity contribution < 1.29 is 19.1 Å². The summed E-state index contributed by atoms with van der Waals surface area (Å²) in [6.45, 7) is 8.82. The number of carbonyl (C=O) groups excluding carboxylic acids is 2. The van der Waals surface area contributed by atoms with Crippen LogP contribution < -0.4 is 10.1 Å². The highest BCUT2D eigenvalue weighted by Gasteiger charge is 2.44. The van der Waals surface area contributed by atoms with Crippen LogP contribution in [-0.4, -0.2) is 24.5 Å². The van der Waals surface area contributed by atoms with Gasteiger partial charge in [-0.3, -0.25) is 4.79 Å². The third kappa shape index (κ3) is 5.02. The number of esters is 1. The summed E-state index contributed by atoms with van der Waals surface area (Å²) in [5.41, 5.74) is 3.69. The van der Waals surface area contributed by atoms with Crippen molar-refractivity contribution in [3.63, 3.8) is 0 Å². The van der Waals surface area contributed by atoms with Crippen molar-refractivity contribution >= 4 is 11.8 Å². The zero-order chi connectivity index (χ0) is 23.6. The first-order chi connectivity index (χ1) is 15.8. The van der Waals surface area contributed by atoms with Crippen LogP contribution in [0.1, 0.15) is 90.5 Å². The molecule has 33 heavy (non-hydrogen) atoms. The number of rotatable bonds is 6. The monoisotopic (exact) mass is 451 g/mol. The number of ketones is 1. The first-order valence-electron chi connectivity index (χ1n) is 12.5. The Labute approximate surface area is 197 Å². The highest BCUT2D eigenvalue weighted by molar-refractivity contribution is 6.04. The molecule has 0 radical (unpaired) electrons. The van der Waals surface area contributed by atoms with Gasteiger partial charge in [0.2, 0.25) is 0 Å². The fourth-order valence-electron chi connectivity index (χ4n) is 5.48. The standard InChI is InChI=1S/C28H37NO4/c1-5-15-32-23-14-10-9-13-20(23)25-24(27(31)33-19-11-7-6-8-12-19)18(2)29-21-16-28(3,4)17-22(30)26(21)25/h9-10,13-14,19,25,29H,5-8,11-12,15-17H2,1-4H3/t25-/m0/s1. The molecule has 2 aliphatic carbocycles.